The van der Waals surface area contributed by atoms with Gasteiger partial charge >= 0.3 is 0 Å². The molecule has 2 fully saturated rings. The first kappa shape index (κ1) is 14.8. The molecule has 1 aromatic rings. The highest BCUT2D eigenvalue weighted by Gasteiger charge is 2.30. The molecule has 114 valence electrons. The molecule has 2 aliphatic heterocycles. The van der Waals surface area contributed by atoms with Gasteiger partial charge in [-0.3, -0.25) is 4.79 Å². The van der Waals surface area contributed by atoms with Crippen molar-refractivity contribution < 1.29 is 9.53 Å². The molecule has 0 bridgehead atoms. The summed E-state index contributed by atoms with van der Waals surface area (Å²) in [5, 5.41) is 3.73. The van der Waals surface area contributed by atoms with Gasteiger partial charge in [-0.1, -0.05) is 23.7 Å². The number of benzene rings is 1. The minimum atomic E-state index is -0.201. The van der Waals surface area contributed by atoms with E-state index in [1.54, 1.807) is 0 Å². The Labute approximate surface area is 129 Å². The molecule has 0 aliphatic carbocycles. The predicted octanol–water partition coefficient (Wildman–Crippen LogP) is 1.40. The number of nitrogens with one attached hydrogen (secondary N) is 3. The fourth-order valence-electron chi connectivity index (χ4n) is 2.75. The van der Waals surface area contributed by atoms with E-state index in [1.807, 2.05) is 24.3 Å². The van der Waals surface area contributed by atoms with Gasteiger partial charge in [0, 0.05) is 30.1 Å². The van der Waals surface area contributed by atoms with Crippen LogP contribution in [0.3, 0.4) is 0 Å². The van der Waals surface area contributed by atoms with Gasteiger partial charge in [0.2, 0.25) is 5.91 Å². The highest BCUT2D eigenvalue weighted by atomic mass is 35.5. The molecule has 5 nitrogen and oxygen atoms in total. The van der Waals surface area contributed by atoms with E-state index in [9.17, 15) is 4.79 Å². The Morgan fingerprint density at radius 2 is 2.14 bits per heavy atom. The third-order valence-electron chi connectivity index (χ3n) is 4.08. The quantitative estimate of drug-likeness (QED) is 0.787. The van der Waals surface area contributed by atoms with E-state index >= 15 is 0 Å². The van der Waals surface area contributed by atoms with Crippen LogP contribution < -0.4 is 16.2 Å². The zero-order chi connectivity index (χ0) is 14.7. The van der Waals surface area contributed by atoms with E-state index < -0.39 is 0 Å². The van der Waals surface area contributed by atoms with Gasteiger partial charge in [-0.2, -0.15) is 0 Å². The molecule has 3 atom stereocenters. The van der Waals surface area contributed by atoms with Crippen molar-refractivity contribution in [3.05, 3.63) is 34.9 Å². The number of ether oxygens (including phenoxy) is 1. The summed E-state index contributed by atoms with van der Waals surface area (Å²) in [5.74, 6) is 0.501. The first-order valence-corrected chi connectivity index (χ1v) is 7.72. The number of hydrazine groups is 1. The van der Waals surface area contributed by atoms with Crippen molar-refractivity contribution in [1.82, 2.24) is 16.2 Å². The van der Waals surface area contributed by atoms with Crippen LogP contribution >= 0.6 is 11.6 Å². The van der Waals surface area contributed by atoms with E-state index in [4.69, 9.17) is 16.3 Å². The second kappa shape index (κ2) is 6.75. The van der Waals surface area contributed by atoms with E-state index in [0.717, 1.165) is 36.6 Å². The molecule has 1 amide bonds. The van der Waals surface area contributed by atoms with Crippen molar-refractivity contribution in [3.63, 3.8) is 0 Å². The third kappa shape index (κ3) is 3.74. The molecule has 0 aromatic heterocycles. The number of hydrogen-bond donors (Lipinski definition) is 3. The smallest absolute Gasteiger partial charge is 0.238 e. The standard InChI is InChI=1S/C15H20ClN3O2/c16-12-3-1-11(2-4-12)13-7-14(19-18-13)15(20)17-8-10-5-6-21-9-10/h1-4,10,13-14,18-19H,5-9H2,(H,17,20). The summed E-state index contributed by atoms with van der Waals surface area (Å²) in [4.78, 5) is 12.2. The van der Waals surface area contributed by atoms with Crippen LogP contribution in [0.2, 0.25) is 5.02 Å². The van der Waals surface area contributed by atoms with E-state index in [2.05, 4.69) is 16.2 Å². The maximum atomic E-state index is 12.2. The minimum Gasteiger partial charge on any atom is -0.381 e. The van der Waals surface area contributed by atoms with Gasteiger partial charge in [0.15, 0.2) is 0 Å². The Morgan fingerprint density at radius 1 is 1.33 bits per heavy atom. The third-order valence-corrected chi connectivity index (χ3v) is 4.33. The fourth-order valence-corrected chi connectivity index (χ4v) is 2.88. The van der Waals surface area contributed by atoms with Gasteiger partial charge < -0.3 is 10.1 Å². The van der Waals surface area contributed by atoms with Gasteiger partial charge in [0.25, 0.3) is 0 Å². The molecule has 6 heteroatoms. The number of rotatable bonds is 4. The number of hydrogen-bond acceptors (Lipinski definition) is 4. The first-order chi connectivity index (χ1) is 10.2. The lowest BCUT2D eigenvalue weighted by atomic mass is 10.0. The molecular formula is C15H20ClN3O2. The lowest BCUT2D eigenvalue weighted by Gasteiger charge is -2.13. The van der Waals surface area contributed by atoms with Gasteiger partial charge in [-0.25, -0.2) is 10.9 Å². The van der Waals surface area contributed by atoms with Crippen molar-refractivity contribution in [3.8, 4) is 0 Å². The van der Waals surface area contributed by atoms with Crippen LogP contribution in [-0.2, 0) is 9.53 Å². The number of amides is 1. The average molecular weight is 310 g/mol. The van der Waals surface area contributed by atoms with Crippen LogP contribution in [0.4, 0.5) is 0 Å². The molecule has 3 N–H and O–H groups in total. The van der Waals surface area contributed by atoms with Gasteiger partial charge in [0.05, 0.1) is 6.61 Å². The van der Waals surface area contributed by atoms with E-state index in [-0.39, 0.29) is 18.0 Å². The number of carbonyl (C=O) groups excluding carboxylic acids is 1. The van der Waals surface area contributed by atoms with Crippen molar-refractivity contribution in [1.29, 1.82) is 0 Å². The lowest BCUT2D eigenvalue weighted by molar-refractivity contribution is -0.123. The van der Waals surface area contributed by atoms with Crippen LogP contribution in [0.5, 0.6) is 0 Å². The maximum Gasteiger partial charge on any atom is 0.238 e. The molecule has 2 heterocycles. The van der Waals surface area contributed by atoms with Crippen LogP contribution in [0.25, 0.3) is 0 Å². The molecule has 0 spiro atoms. The highest BCUT2D eigenvalue weighted by molar-refractivity contribution is 6.30. The van der Waals surface area contributed by atoms with Gasteiger partial charge in [-0.05, 0) is 30.5 Å². The molecule has 1 aromatic carbocycles. The van der Waals surface area contributed by atoms with Crippen molar-refractivity contribution in [2.45, 2.75) is 24.9 Å². The number of halogens is 1. The second-order valence-electron chi connectivity index (χ2n) is 5.66. The van der Waals surface area contributed by atoms with Crippen molar-refractivity contribution in [2.24, 2.45) is 5.92 Å². The second-order valence-corrected chi connectivity index (χ2v) is 6.09. The zero-order valence-corrected chi connectivity index (χ0v) is 12.5. The highest BCUT2D eigenvalue weighted by Crippen LogP contribution is 2.23. The predicted molar refractivity (Wildman–Crippen MR) is 80.8 cm³/mol. The lowest BCUT2D eigenvalue weighted by Crippen LogP contribution is -2.44. The van der Waals surface area contributed by atoms with Crippen LogP contribution in [-0.4, -0.2) is 31.7 Å². The summed E-state index contributed by atoms with van der Waals surface area (Å²) in [5.41, 5.74) is 7.37. The average Bonchev–Trinajstić information content (AvgIpc) is 3.17. The topological polar surface area (TPSA) is 62.4 Å². The molecular weight excluding hydrogens is 290 g/mol. The summed E-state index contributed by atoms with van der Waals surface area (Å²) in [7, 11) is 0. The van der Waals surface area contributed by atoms with Crippen LogP contribution in [0.1, 0.15) is 24.4 Å². The van der Waals surface area contributed by atoms with Gasteiger partial charge in [0.1, 0.15) is 6.04 Å². The summed E-state index contributed by atoms with van der Waals surface area (Å²) in [6.07, 6.45) is 1.76. The van der Waals surface area contributed by atoms with E-state index in [0.29, 0.717) is 12.5 Å². The maximum absolute atomic E-state index is 12.2. The minimum absolute atomic E-state index is 0.0471. The Bertz CT molecular complexity index is 488. The van der Waals surface area contributed by atoms with Crippen LogP contribution in [0, 0.1) is 5.92 Å². The summed E-state index contributed by atoms with van der Waals surface area (Å²) in [6, 6.07) is 7.63. The molecule has 0 radical (unpaired) electrons. The molecule has 3 unspecified atom stereocenters. The largest absolute Gasteiger partial charge is 0.381 e. The molecule has 0 saturated carbocycles. The molecule has 21 heavy (non-hydrogen) atoms. The SMILES string of the molecule is O=C(NCC1CCOC1)C1CC(c2ccc(Cl)cc2)NN1. The Morgan fingerprint density at radius 3 is 2.86 bits per heavy atom. The molecule has 2 saturated heterocycles. The first-order valence-electron chi connectivity index (χ1n) is 7.34. The normalized spacial score (nSPS) is 28.7. The van der Waals surface area contributed by atoms with Crippen molar-refractivity contribution in [2.75, 3.05) is 19.8 Å². The van der Waals surface area contributed by atoms with Gasteiger partial charge in [-0.15, -0.1) is 0 Å². The van der Waals surface area contributed by atoms with Crippen molar-refractivity contribution >= 4 is 17.5 Å². The Kier molecular flexibility index (Phi) is 4.75. The van der Waals surface area contributed by atoms with E-state index in [1.165, 1.54) is 0 Å². The summed E-state index contributed by atoms with van der Waals surface area (Å²) >= 11 is 5.89. The summed E-state index contributed by atoms with van der Waals surface area (Å²) < 4.78 is 5.31. The monoisotopic (exact) mass is 309 g/mol. The Hall–Kier alpha value is -1.14. The number of carbonyl (C=O) groups is 1. The molecule has 3 rings (SSSR count). The van der Waals surface area contributed by atoms with Crippen LogP contribution in [0.15, 0.2) is 24.3 Å². The fraction of sp³-hybridized carbons (Fsp3) is 0.533. The Balaban J connectivity index is 1.49. The molecule has 2 aliphatic rings. The summed E-state index contributed by atoms with van der Waals surface area (Å²) in [6.45, 7) is 2.26. The zero-order valence-electron chi connectivity index (χ0n) is 11.8.